The molecular weight excluding hydrogens is 264 g/mol. The predicted octanol–water partition coefficient (Wildman–Crippen LogP) is 3.35. The minimum Gasteiger partial charge on any atom is -0.389 e. The molecule has 2 rings (SSSR count). The Morgan fingerprint density at radius 3 is 2.38 bits per heavy atom. The van der Waals surface area contributed by atoms with Gasteiger partial charge in [-0.15, -0.1) is 0 Å². The van der Waals surface area contributed by atoms with Crippen LogP contribution in [0.15, 0.2) is 4.52 Å². The number of hydrogen-bond acceptors (Lipinski definition) is 4. The fourth-order valence-electron chi connectivity index (χ4n) is 3.37. The first-order valence-corrected chi connectivity index (χ1v) is 8.06. The lowest BCUT2D eigenvalue weighted by Gasteiger charge is -2.41. The summed E-state index contributed by atoms with van der Waals surface area (Å²) in [5.74, 6) is 1.59. The quantitative estimate of drug-likeness (QED) is 0.894. The fraction of sp³-hybridized carbons (Fsp3) is 0.824. The van der Waals surface area contributed by atoms with Crippen molar-refractivity contribution in [3.05, 3.63) is 17.0 Å². The highest BCUT2D eigenvalue weighted by Crippen LogP contribution is 2.41. The van der Waals surface area contributed by atoms with Crippen LogP contribution in [0.4, 0.5) is 0 Å². The maximum Gasteiger partial charge on any atom is 0.138 e. The number of rotatable bonds is 4. The third-order valence-corrected chi connectivity index (χ3v) is 5.08. The number of aryl methyl sites for hydroxylation is 2. The highest BCUT2D eigenvalue weighted by atomic mass is 16.5. The molecular formula is C17H30N2O2. The number of aliphatic hydroxyl groups is 1. The second kappa shape index (κ2) is 6.09. The van der Waals surface area contributed by atoms with Crippen LogP contribution in [0.25, 0.3) is 0 Å². The molecule has 4 nitrogen and oxygen atoms in total. The Bertz CT molecular complexity index is 446. The summed E-state index contributed by atoms with van der Waals surface area (Å²) in [6.45, 7) is 12.2. The van der Waals surface area contributed by atoms with Crippen molar-refractivity contribution < 1.29 is 9.63 Å². The van der Waals surface area contributed by atoms with E-state index in [2.05, 4.69) is 31.2 Å². The van der Waals surface area contributed by atoms with E-state index >= 15 is 0 Å². The molecule has 4 heteroatoms. The number of nitrogens with one attached hydrogen (secondary N) is 1. The third-order valence-electron chi connectivity index (χ3n) is 5.08. The molecule has 1 heterocycles. The summed E-state index contributed by atoms with van der Waals surface area (Å²) in [4.78, 5) is 0. The van der Waals surface area contributed by atoms with Crippen LogP contribution in [0, 0.1) is 25.2 Å². The zero-order valence-electron chi connectivity index (χ0n) is 14.1. The van der Waals surface area contributed by atoms with E-state index < -0.39 is 5.60 Å². The molecule has 0 atom stereocenters. The van der Waals surface area contributed by atoms with Gasteiger partial charge < -0.3 is 14.9 Å². The van der Waals surface area contributed by atoms with Gasteiger partial charge in [0.2, 0.25) is 0 Å². The lowest BCUT2D eigenvalue weighted by Crippen LogP contribution is -2.44. The van der Waals surface area contributed by atoms with E-state index in [9.17, 15) is 5.11 Å². The minimum atomic E-state index is -0.555. The van der Waals surface area contributed by atoms with Gasteiger partial charge in [-0.3, -0.25) is 0 Å². The van der Waals surface area contributed by atoms with Gasteiger partial charge in [0.25, 0.3) is 0 Å². The van der Waals surface area contributed by atoms with E-state index in [-0.39, 0.29) is 0 Å². The molecule has 2 N–H and O–H groups in total. The van der Waals surface area contributed by atoms with E-state index in [1.165, 1.54) is 0 Å². The average Bonchev–Trinajstić information content (AvgIpc) is 2.69. The van der Waals surface area contributed by atoms with Crippen molar-refractivity contribution in [1.29, 1.82) is 0 Å². The number of nitrogens with zero attached hydrogens (tertiary/aromatic N) is 1. The van der Waals surface area contributed by atoms with Crippen LogP contribution in [0.5, 0.6) is 0 Å². The SMILES string of the molecule is Cc1noc(C)c1CNCC1(O)CCC(C(C)(C)C)CC1. The van der Waals surface area contributed by atoms with Crippen LogP contribution in [-0.2, 0) is 6.54 Å². The van der Waals surface area contributed by atoms with Gasteiger partial charge >= 0.3 is 0 Å². The maximum atomic E-state index is 10.7. The molecule has 0 radical (unpaired) electrons. The van der Waals surface area contributed by atoms with Gasteiger partial charge in [0, 0.05) is 18.7 Å². The second-order valence-corrected chi connectivity index (χ2v) is 7.77. The molecule has 0 spiro atoms. The van der Waals surface area contributed by atoms with Crippen LogP contribution in [0.1, 0.15) is 63.5 Å². The van der Waals surface area contributed by atoms with Crippen molar-refractivity contribution in [3.8, 4) is 0 Å². The summed E-state index contributed by atoms with van der Waals surface area (Å²) in [6.07, 6.45) is 4.02. The Morgan fingerprint density at radius 1 is 1.29 bits per heavy atom. The molecule has 1 fully saturated rings. The Hall–Kier alpha value is -0.870. The fourth-order valence-corrected chi connectivity index (χ4v) is 3.37. The van der Waals surface area contributed by atoms with Crippen LogP contribution in [0.3, 0.4) is 0 Å². The van der Waals surface area contributed by atoms with Gasteiger partial charge in [0.1, 0.15) is 5.76 Å². The predicted molar refractivity (Wildman–Crippen MR) is 84.0 cm³/mol. The average molecular weight is 294 g/mol. The van der Waals surface area contributed by atoms with Gasteiger partial charge in [-0.1, -0.05) is 25.9 Å². The first kappa shape index (κ1) is 16.5. The van der Waals surface area contributed by atoms with Gasteiger partial charge in [0.05, 0.1) is 11.3 Å². The van der Waals surface area contributed by atoms with Crippen molar-refractivity contribution in [2.45, 2.75) is 72.4 Å². The zero-order valence-corrected chi connectivity index (χ0v) is 14.1. The summed E-state index contributed by atoms with van der Waals surface area (Å²) in [7, 11) is 0. The van der Waals surface area contributed by atoms with Gasteiger partial charge in [-0.25, -0.2) is 0 Å². The molecule has 0 amide bonds. The Labute approximate surface area is 128 Å². The topological polar surface area (TPSA) is 58.3 Å². The summed E-state index contributed by atoms with van der Waals surface area (Å²) < 4.78 is 5.16. The van der Waals surface area contributed by atoms with Crippen LogP contribution in [0.2, 0.25) is 0 Å². The Kier molecular flexibility index (Phi) is 4.79. The highest BCUT2D eigenvalue weighted by molar-refractivity contribution is 5.20. The van der Waals surface area contributed by atoms with Crippen molar-refractivity contribution in [1.82, 2.24) is 10.5 Å². The van der Waals surface area contributed by atoms with Crippen molar-refractivity contribution in [3.63, 3.8) is 0 Å². The molecule has 0 aliphatic heterocycles. The van der Waals surface area contributed by atoms with E-state index in [1.54, 1.807) is 0 Å². The molecule has 1 aliphatic carbocycles. The molecule has 1 saturated carbocycles. The van der Waals surface area contributed by atoms with E-state index in [0.717, 1.165) is 48.6 Å². The molecule has 0 bridgehead atoms. The summed E-state index contributed by atoms with van der Waals surface area (Å²) in [5, 5.41) is 18.1. The molecule has 0 saturated heterocycles. The van der Waals surface area contributed by atoms with Gasteiger partial charge in [0.15, 0.2) is 0 Å². The Balaban J connectivity index is 1.81. The standard InChI is InChI=1S/C17H30N2O2/c1-12-15(13(2)21-19-12)10-18-11-17(20)8-6-14(7-9-17)16(3,4)5/h14,18,20H,6-11H2,1-5H3. The molecule has 0 unspecified atom stereocenters. The first-order chi connectivity index (χ1) is 9.71. The first-order valence-electron chi connectivity index (χ1n) is 8.06. The van der Waals surface area contributed by atoms with E-state index in [0.29, 0.717) is 18.5 Å². The minimum absolute atomic E-state index is 0.353. The number of aromatic nitrogens is 1. The molecule has 21 heavy (non-hydrogen) atoms. The van der Waals surface area contributed by atoms with Crippen LogP contribution < -0.4 is 5.32 Å². The monoisotopic (exact) mass is 294 g/mol. The molecule has 1 aliphatic rings. The maximum absolute atomic E-state index is 10.7. The highest BCUT2D eigenvalue weighted by Gasteiger charge is 2.37. The van der Waals surface area contributed by atoms with Crippen molar-refractivity contribution in [2.24, 2.45) is 11.3 Å². The number of hydrogen-bond donors (Lipinski definition) is 2. The van der Waals surface area contributed by atoms with E-state index in [1.807, 2.05) is 13.8 Å². The lowest BCUT2D eigenvalue weighted by atomic mass is 9.68. The van der Waals surface area contributed by atoms with Crippen molar-refractivity contribution in [2.75, 3.05) is 6.54 Å². The molecule has 1 aromatic heterocycles. The Morgan fingerprint density at radius 2 is 1.90 bits per heavy atom. The van der Waals surface area contributed by atoms with Crippen molar-refractivity contribution >= 4 is 0 Å². The van der Waals surface area contributed by atoms with E-state index in [4.69, 9.17) is 4.52 Å². The van der Waals surface area contributed by atoms with Gasteiger partial charge in [-0.2, -0.15) is 0 Å². The molecule has 1 aromatic rings. The lowest BCUT2D eigenvalue weighted by molar-refractivity contribution is -0.0239. The van der Waals surface area contributed by atoms with Crippen LogP contribution >= 0.6 is 0 Å². The molecule has 120 valence electrons. The normalized spacial score (nSPS) is 27.0. The largest absolute Gasteiger partial charge is 0.389 e. The zero-order chi connectivity index (χ0) is 15.7. The van der Waals surface area contributed by atoms with Gasteiger partial charge in [-0.05, 0) is 50.9 Å². The smallest absolute Gasteiger partial charge is 0.138 e. The summed E-state index contributed by atoms with van der Waals surface area (Å²) >= 11 is 0. The summed E-state index contributed by atoms with van der Waals surface area (Å²) in [6, 6.07) is 0. The summed E-state index contributed by atoms with van der Waals surface area (Å²) in [5.41, 5.74) is 1.84. The molecule has 0 aromatic carbocycles. The second-order valence-electron chi connectivity index (χ2n) is 7.77. The van der Waals surface area contributed by atoms with Crippen LogP contribution in [-0.4, -0.2) is 22.4 Å². The third kappa shape index (κ3) is 4.07.